The zero-order chi connectivity index (χ0) is 27.2. The number of hydrogen-bond donors (Lipinski definition) is 0. The van der Waals surface area contributed by atoms with Gasteiger partial charge in [0.25, 0.3) is 8.32 Å². The Labute approximate surface area is 231 Å². The van der Waals surface area contributed by atoms with Gasteiger partial charge in [0.2, 0.25) is 0 Å². The highest BCUT2D eigenvalue weighted by Crippen LogP contribution is 2.42. The molecule has 204 valence electrons. The Kier molecular flexibility index (Phi) is 9.59. The molecule has 2 aliphatic carbocycles. The highest BCUT2D eigenvalue weighted by atomic mass is 28.4. The van der Waals surface area contributed by atoms with E-state index in [1.54, 1.807) is 0 Å². The Morgan fingerprint density at radius 3 is 2.05 bits per heavy atom. The van der Waals surface area contributed by atoms with Crippen LogP contribution in [0.15, 0.2) is 72.3 Å². The Bertz CT molecular complexity index is 1060. The number of Topliss-reactive ketones (excluding diaryl/α,β-unsaturated/α-hetero) is 2. The minimum atomic E-state index is -2.65. The molecule has 0 unspecified atom stereocenters. The van der Waals surface area contributed by atoms with Crippen molar-refractivity contribution in [3.8, 4) is 0 Å². The Hall–Kier alpha value is -2.30. The van der Waals surface area contributed by atoms with Crippen molar-refractivity contribution in [3.05, 3.63) is 72.3 Å². The van der Waals surface area contributed by atoms with Crippen molar-refractivity contribution in [1.29, 1.82) is 0 Å². The lowest BCUT2D eigenvalue weighted by Gasteiger charge is -2.44. The number of carbonyl (C=O) groups is 2. The summed E-state index contributed by atoms with van der Waals surface area (Å²) in [5, 5.41) is 2.44. The zero-order valence-corrected chi connectivity index (χ0v) is 24.9. The molecule has 2 aromatic rings. The molecule has 0 aromatic heterocycles. The molecule has 0 radical (unpaired) electrons. The highest BCUT2D eigenvalue weighted by Gasteiger charge is 2.51. The number of ketones is 2. The summed E-state index contributed by atoms with van der Waals surface area (Å²) in [6.07, 6.45) is 11.0. The van der Waals surface area contributed by atoms with Crippen LogP contribution in [-0.2, 0) is 14.0 Å². The van der Waals surface area contributed by atoms with Crippen molar-refractivity contribution in [3.63, 3.8) is 0 Å². The topological polar surface area (TPSA) is 43.4 Å². The third-order valence-corrected chi connectivity index (χ3v) is 13.8. The van der Waals surface area contributed by atoms with Crippen LogP contribution >= 0.6 is 0 Å². The first-order chi connectivity index (χ1) is 18.3. The summed E-state index contributed by atoms with van der Waals surface area (Å²) >= 11 is 0. The molecule has 0 N–H and O–H groups in total. The van der Waals surface area contributed by atoms with Crippen LogP contribution < -0.4 is 10.4 Å². The molecule has 4 rings (SSSR count). The number of carbonyl (C=O) groups excluding carboxylic acids is 2. The van der Waals surface area contributed by atoms with E-state index in [0.29, 0.717) is 13.0 Å². The van der Waals surface area contributed by atoms with E-state index < -0.39 is 14.2 Å². The summed E-state index contributed by atoms with van der Waals surface area (Å²) in [6.45, 7) is 9.68. The fraction of sp³-hybridized carbons (Fsp3) is 0.529. The lowest BCUT2D eigenvalue weighted by Crippen LogP contribution is -2.66. The van der Waals surface area contributed by atoms with E-state index in [9.17, 15) is 9.59 Å². The molecular weight excluding hydrogens is 484 g/mol. The summed E-state index contributed by atoms with van der Waals surface area (Å²) in [7, 11) is -2.65. The van der Waals surface area contributed by atoms with Crippen molar-refractivity contribution in [2.24, 2.45) is 17.8 Å². The largest absolute Gasteiger partial charge is 0.407 e. The maximum Gasteiger partial charge on any atom is 0.261 e. The molecule has 38 heavy (non-hydrogen) atoms. The molecule has 1 saturated carbocycles. The van der Waals surface area contributed by atoms with E-state index in [4.69, 9.17) is 4.43 Å². The van der Waals surface area contributed by atoms with Crippen LogP contribution in [0.1, 0.15) is 85.5 Å². The first-order valence-corrected chi connectivity index (χ1v) is 16.7. The van der Waals surface area contributed by atoms with Gasteiger partial charge in [-0.2, -0.15) is 0 Å². The third-order valence-electron chi connectivity index (χ3n) is 8.79. The van der Waals surface area contributed by atoms with Crippen LogP contribution in [0.4, 0.5) is 0 Å². The van der Waals surface area contributed by atoms with Crippen molar-refractivity contribution in [2.45, 2.75) is 90.5 Å². The van der Waals surface area contributed by atoms with Crippen LogP contribution in [0.3, 0.4) is 0 Å². The first kappa shape index (κ1) is 28.7. The predicted octanol–water partition coefficient (Wildman–Crippen LogP) is 7.03. The molecule has 4 heteroatoms. The van der Waals surface area contributed by atoms with Crippen LogP contribution in [0.2, 0.25) is 5.04 Å². The zero-order valence-electron chi connectivity index (χ0n) is 23.9. The van der Waals surface area contributed by atoms with E-state index in [1.807, 2.05) is 0 Å². The quantitative estimate of drug-likeness (QED) is 0.178. The summed E-state index contributed by atoms with van der Waals surface area (Å²) in [5.74, 6) is 0.113. The number of fused-ring (bicyclic) bond motifs is 2. The van der Waals surface area contributed by atoms with Gasteiger partial charge in [-0.05, 0) is 58.5 Å². The summed E-state index contributed by atoms with van der Waals surface area (Å²) in [6, 6.07) is 21.4. The maximum atomic E-state index is 13.4. The number of hydrogen-bond acceptors (Lipinski definition) is 3. The van der Waals surface area contributed by atoms with Gasteiger partial charge in [0.1, 0.15) is 5.78 Å². The van der Waals surface area contributed by atoms with E-state index in [0.717, 1.165) is 37.7 Å². The van der Waals surface area contributed by atoms with Gasteiger partial charge < -0.3 is 4.43 Å². The summed E-state index contributed by atoms with van der Waals surface area (Å²) in [5.41, 5.74) is 0.922. The average molecular weight is 531 g/mol. The van der Waals surface area contributed by atoms with Crippen LogP contribution in [0.5, 0.6) is 0 Å². The van der Waals surface area contributed by atoms with Crippen molar-refractivity contribution in [2.75, 3.05) is 6.61 Å². The molecule has 2 bridgehead atoms. The molecule has 2 aromatic carbocycles. The summed E-state index contributed by atoms with van der Waals surface area (Å²) < 4.78 is 7.20. The van der Waals surface area contributed by atoms with Gasteiger partial charge in [-0.3, -0.25) is 9.59 Å². The van der Waals surface area contributed by atoms with E-state index >= 15 is 0 Å². The fourth-order valence-corrected chi connectivity index (χ4v) is 11.5. The molecule has 3 nitrogen and oxygen atoms in total. The molecule has 0 amide bonds. The number of benzene rings is 2. The second-order valence-electron chi connectivity index (χ2n) is 12.3. The monoisotopic (exact) mass is 530 g/mol. The van der Waals surface area contributed by atoms with Gasteiger partial charge in [-0.25, -0.2) is 0 Å². The standard InChI is InChI=1S/C34H46O3Si/c1-5-6-7-10-16-26-25-27-17-15-22-31(35)32(33(27)36)30(26)23-24-37-38(34(2,3)4,28-18-11-8-12-19-28)29-20-13-9-14-21-29/h8-9,11-14,18-21,25-26,30,32H,5-7,10,15-17,22-24H2,1-4H3/t26-,30+,32+/m1/s1. The minimum Gasteiger partial charge on any atom is -0.407 e. The molecule has 0 aliphatic heterocycles. The number of allylic oxidation sites excluding steroid dienone is 2. The van der Waals surface area contributed by atoms with Gasteiger partial charge in [0.05, 0.1) is 5.92 Å². The SMILES string of the molecule is CCCCCC[C@@H]1C=C2CCCC(=O)[C@@H](C2=O)[C@H]1CCO[Si](c1ccccc1)(c1ccccc1)C(C)(C)C. The molecular formula is C34H46O3Si. The molecule has 3 atom stereocenters. The van der Waals surface area contributed by atoms with Crippen LogP contribution in [0, 0.1) is 17.8 Å². The van der Waals surface area contributed by atoms with Gasteiger partial charge in [-0.1, -0.05) is 120 Å². The molecule has 0 heterocycles. The van der Waals surface area contributed by atoms with Crippen LogP contribution in [0.25, 0.3) is 0 Å². The smallest absolute Gasteiger partial charge is 0.261 e. The normalized spacial score (nSPS) is 22.2. The average Bonchev–Trinajstić information content (AvgIpc) is 2.99. The Morgan fingerprint density at radius 1 is 0.842 bits per heavy atom. The Morgan fingerprint density at radius 2 is 1.47 bits per heavy atom. The van der Waals surface area contributed by atoms with Crippen molar-refractivity contribution >= 4 is 30.3 Å². The maximum absolute atomic E-state index is 13.4. The van der Waals surface area contributed by atoms with E-state index in [2.05, 4.69) is 94.4 Å². The van der Waals surface area contributed by atoms with Gasteiger partial charge in [-0.15, -0.1) is 0 Å². The second kappa shape index (κ2) is 12.7. The first-order valence-electron chi connectivity index (χ1n) is 14.8. The predicted molar refractivity (Wildman–Crippen MR) is 159 cm³/mol. The van der Waals surface area contributed by atoms with Gasteiger partial charge in [0.15, 0.2) is 5.78 Å². The van der Waals surface area contributed by atoms with Gasteiger partial charge >= 0.3 is 0 Å². The third kappa shape index (κ3) is 5.97. The van der Waals surface area contributed by atoms with Crippen molar-refractivity contribution < 1.29 is 14.0 Å². The lowest BCUT2D eigenvalue weighted by molar-refractivity contribution is -0.134. The minimum absolute atomic E-state index is 0.0386. The van der Waals surface area contributed by atoms with Gasteiger partial charge in [0, 0.05) is 13.0 Å². The second-order valence-corrected chi connectivity index (χ2v) is 16.6. The Balaban J connectivity index is 1.64. The lowest BCUT2D eigenvalue weighted by atomic mass is 9.68. The molecule has 2 aliphatic rings. The number of unbranched alkanes of at least 4 members (excludes halogenated alkanes) is 3. The molecule has 0 saturated heterocycles. The molecule has 1 fully saturated rings. The fourth-order valence-electron chi connectivity index (χ4n) is 6.90. The van der Waals surface area contributed by atoms with Crippen molar-refractivity contribution in [1.82, 2.24) is 0 Å². The van der Waals surface area contributed by atoms with E-state index in [1.165, 1.54) is 29.6 Å². The van der Waals surface area contributed by atoms with E-state index in [-0.39, 0.29) is 28.4 Å². The highest BCUT2D eigenvalue weighted by molar-refractivity contribution is 6.99. The summed E-state index contributed by atoms with van der Waals surface area (Å²) in [4.78, 5) is 26.7. The van der Waals surface area contributed by atoms with Crippen LogP contribution in [-0.4, -0.2) is 26.5 Å². The number of rotatable bonds is 11. The molecule has 0 spiro atoms.